The van der Waals surface area contributed by atoms with Crippen LogP contribution in [0.15, 0.2) is 23.0 Å². The Kier molecular flexibility index (Phi) is 4.89. The van der Waals surface area contributed by atoms with Crippen molar-refractivity contribution in [3.05, 3.63) is 34.2 Å². The monoisotopic (exact) mass is 358 g/mol. The molecule has 2 heterocycles. The van der Waals surface area contributed by atoms with Crippen molar-refractivity contribution in [3.63, 3.8) is 0 Å². The highest BCUT2D eigenvalue weighted by Gasteiger charge is 2.25. The van der Waals surface area contributed by atoms with E-state index in [2.05, 4.69) is 0 Å². The van der Waals surface area contributed by atoms with Gasteiger partial charge in [0, 0.05) is 46.2 Å². The highest BCUT2D eigenvalue weighted by molar-refractivity contribution is 5.83. The van der Waals surface area contributed by atoms with Crippen molar-refractivity contribution in [2.75, 3.05) is 26.2 Å². The van der Waals surface area contributed by atoms with Gasteiger partial charge >= 0.3 is 5.69 Å². The summed E-state index contributed by atoms with van der Waals surface area (Å²) in [6.07, 6.45) is 0.303. The molecular formula is C19H26N4O3. The number of hydrogen-bond donors (Lipinski definition) is 0. The molecule has 0 radical (unpaired) electrons. The molecule has 0 aliphatic carbocycles. The zero-order valence-corrected chi connectivity index (χ0v) is 15.9. The van der Waals surface area contributed by atoms with Crippen molar-refractivity contribution in [1.82, 2.24) is 18.9 Å². The van der Waals surface area contributed by atoms with E-state index in [1.807, 2.05) is 41.8 Å². The van der Waals surface area contributed by atoms with Crippen LogP contribution >= 0.6 is 0 Å². The molecule has 1 aliphatic rings. The van der Waals surface area contributed by atoms with E-state index in [0.717, 1.165) is 16.6 Å². The van der Waals surface area contributed by atoms with Gasteiger partial charge in [0.15, 0.2) is 0 Å². The quantitative estimate of drug-likeness (QED) is 0.813. The largest absolute Gasteiger partial charge is 0.339 e. The fourth-order valence-corrected chi connectivity index (χ4v) is 3.49. The van der Waals surface area contributed by atoms with Gasteiger partial charge in [-0.25, -0.2) is 4.79 Å². The number of benzene rings is 1. The van der Waals surface area contributed by atoms with Crippen molar-refractivity contribution in [1.29, 1.82) is 0 Å². The van der Waals surface area contributed by atoms with Gasteiger partial charge < -0.3 is 9.80 Å². The van der Waals surface area contributed by atoms with Gasteiger partial charge in [-0.05, 0) is 17.7 Å². The standard InChI is InChI=1S/C19H26N4O3/c1-13(2)18(25)23-9-7-22(8-10-23)17(24)12-14-5-6-15-16(11-14)21(4)19(26)20(15)3/h5-6,11,13H,7-10,12H2,1-4H3. The van der Waals surface area contributed by atoms with E-state index in [1.165, 1.54) is 0 Å². The van der Waals surface area contributed by atoms with Gasteiger partial charge in [0.1, 0.15) is 0 Å². The van der Waals surface area contributed by atoms with Crippen LogP contribution in [0.2, 0.25) is 0 Å². The Hall–Kier alpha value is -2.57. The third kappa shape index (κ3) is 3.25. The number of aromatic nitrogens is 2. The molecule has 0 saturated carbocycles. The second-order valence-corrected chi connectivity index (χ2v) is 7.26. The van der Waals surface area contributed by atoms with Crippen LogP contribution in [0.3, 0.4) is 0 Å². The van der Waals surface area contributed by atoms with Gasteiger partial charge in [-0.3, -0.25) is 18.7 Å². The number of fused-ring (bicyclic) bond motifs is 1. The van der Waals surface area contributed by atoms with E-state index in [1.54, 1.807) is 23.2 Å². The van der Waals surface area contributed by atoms with Gasteiger partial charge in [0.05, 0.1) is 17.5 Å². The van der Waals surface area contributed by atoms with Crippen LogP contribution in [0.4, 0.5) is 0 Å². The molecule has 0 bridgehead atoms. The molecule has 3 rings (SSSR count). The molecule has 0 spiro atoms. The van der Waals surface area contributed by atoms with E-state index in [-0.39, 0.29) is 23.4 Å². The maximum atomic E-state index is 12.6. The smallest absolute Gasteiger partial charge is 0.328 e. The van der Waals surface area contributed by atoms with Crippen LogP contribution in [-0.4, -0.2) is 56.9 Å². The second kappa shape index (κ2) is 6.97. The average molecular weight is 358 g/mol. The number of rotatable bonds is 3. The summed E-state index contributed by atoms with van der Waals surface area (Å²) in [4.78, 5) is 40.3. The van der Waals surface area contributed by atoms with Crippen molar-refractivity contribution in [2.45, 2.75) is 20.3 Å². The van der Waals surface area contributed by atoms with Crippen LogP contribution in [-0.2, 0) is 30.1 Å². The lowest BCUT2D eigenvalue weighted by molar-refractivity contribution is -0.141. The molecule has 1 aromatic carbocycles. The van der Waals surface area contributed by atoms with Crippen molar-refractivity contribution < 1.29 is 9.59 Å². The lowest BCUT2D eigenvalue weighted by Gasteiger charge is -2.35. The maximum Gasteiger partial charge on any atom is 0.328 e. The highest BCUT2D eigenvalue weighted by atomic mass is 16.2. The molecule has 1 aromatic heterocycles. The Balaban J connectivity index is 1.67. The minimum atomic E-state index is -0.0746. The third-order valence-electron chi connectivity index (χ3n) is 5.13. The summed E-state index contributed by atoms with van der Waals surface area (Å²) in [5.41, 5.74) is 2.50. The van der Waals surface area contributed by atoms with Gasteiger partial charge in [0.25, 0.3) is 0 Å². The van der Waals surface area contributed by atoms with Crippen LogP contribution in [0.1, 0.15) is 19.4 Å². The zero-order valence-electron chi connectivity index (χ0n) is 15.9. The summed E-state index contributed by atoms with van der Waals surface area (Å²) in [5, 5.41) is 0. The number of aryl methyl sites for hydroxylation is 2. The topological polar surface area (TPSA) is 67.6 Å². The van der Waals surface area contributed by atoms with E-state index >= 15 is 0 Å². The lowest BCUT2D eigenvalue weighted by atomic mass is 10.1. The predicted molar refractivity (Wildman–Crippen MR) is 99.9 cm³/mol. The maximum absolute atomic E-state index is 12.6. The summed E-state index contributed by atoms with van der Waals surface area (Å²) in [5.74, 6) is 0.191. The first-order valence-corrected chi connectivity index (χ1v) is 9.00. The third-order valence-corrected chi connectivity index (χ3v) is 5.13. The van der Waals surface area contributed by atoms with E-state index in [4.69, 9.17) is 0 Å². The molecule has 0 N–H and O–H groups in total. The average Bonchev–Trinajstić information content (AvgIpc) is 2.85. The molecule has 0 unspecified atom stereocenters. The minimum absolute atomic E-state index is 0.0125. The van der Waals surface area contributed by atoms with Crippen LogP contribution in [0.25, 0.3) is 11.0 Å². The molecule has 2 aromatic rings. The van der Waals surface area contributed by atoms with E-state index in [0.29, 0.717) is 32.6 Å². The van der Waals surface area contributed by atoms with Crippen LogP contribution in [0, 0.1) is 5.92 Å². The summed E-state index contributed by atoms with van der Waals surface area (Å²) in [7, 11) is 3.48. The lowest BCUT2D eigenvalue weighted by Crippen LogP contribution is -2.51. The molecule has 1 saturated heterocycles. The molecule has 1 aliphatic heterocycles. The number of nitrogens with zero attached hydrogens (tertiary/aromatic N) is 4. The molecule has 0 atom stereocenters. The van der Waals surface area contributed by atoms with Crippen molar-refractivity contribution >= 4 is 22.8 Å². The number of piperazine rings is 1. The Bertz CT molecular complexity index is 901. The summed E-state index contributed by atoms with van der Waals surface area (Å²) < 4.78 is 3.20. The number of carbonyl (C=O) groups is 2. The summed E-state index contributed by atoms with van der Waals surface area (Å²) >= 11 is 0. The number of amides is 2. The molecular weight excluding hydrogens is 332 g/mol. The summed E-state index contributed by atoms with van der Waals surface area (Å²) in [6.45, 7) is 6.12. The van der Waals surface area contributed by atoms with Gasteiger partial charge in [0.2, 0.25) is 11.8 Å². The molecule has 7 nitrogen and oxygen atoms in total. The minimum Gasteiger partial charge on any atom is -0.339 e. The van der Waals surface area contributed by atoms with Gasteiger partial charge in [-0.1, -0.05) is 19.9 Å². The Morgan fingerprint density at radius 2 is 1.54 bits per heavy atom. The Labute approximate surface area is 152 Å². The van der Waals surface area contributed by atoms with Crippen molar-refractivity contribution in [2.24, 2.45) is 20.0 Å². The van der Waals surface area contributed by atoms with Crippen LogP contribution < -0.4 is 5.69 Å². The van der Waals surface area contributed by atoms with E-state index < -0.39 is 0 Å². The first-order valence-electron chi connectivity index (χ1n) is 9.00. The first-order chi connectivity index (χ1) is 12.3. The zero-order chi connectivity index (χ0) is 19.0. The van der Waals surface area contributed by atoms with Crippen LogP contribution in [0.5, 0.6) is 0 Å². The SMILES string of the molecule is CC(C)C(=O)N1CCN(C(=O)Cc2ccc3c(c2)n(C)c(=O)n3C)CC1. The van der Waals surface area contributed by atoms with Crippen molar-refractivity contribution in [3.8, 4) is 0 Å². The molecule has 2 amide bonds. The molecule has 1 fully saturated rings. The van der Waals surface area contributed by atoms with Gasteiger partial charge in [-0.2, -0.15) is 0 Å². The fraction of sp³-hybridized carbons (Fsp3) is 0.526. The Morgan fingerprint density at radius 3 is 2.15 bits per heavy atom. The molecule has 26 heavy (non-hydrogen) atoms. The van der Waals surface area contributed by atoms with E-state index in [9.17, 15) is 14.4 Å². The highest BCUT2D eigenvalue weighted by Crippen LogP contribution is 2.16. The molecule has 140 valence electrons. The number of imidazole rings is 1. The first kappa shape index (κ1) is 18.2. The number of hydrogen-bond acceptors (Lipinski definition) is 3. The second-order valence-electron chi connectivity index (χ2n) is 7.26. The predicted octanol–water partition coefficient (Wildman–Crippen LogP) is 0.746. The molecule has 7 heteroatoms. The summed E-state index contributed by atoms with van der Waals surface area (Å²) in [6, 6.07) is 5.70. The Morgan fingerprint density at radius 1 is 0.962 bits per heavy atom. The normalized spacial score (nSPS) is 15.1. The van der Waals surface area contributed by atoms with Gasteiger partial charge in [-0.15, -0.1) is 0 Å². The number of carbonyl (C=O) groups excluding carboxylic acids is 2. The fourth-order valence-electron chi connectivity index (χ4n) is 3.49.